The fourth-order valence-corrected chi connectivity index (χ4v) is 4.34. The number of thioether (sulfide) groups is 1. The molecule has 1 aromatic carbocycles. The molecule has 0 radical (unpaired) electrons. The zero-order valence-electron chi connectivity index (χ0n) is 12.3. The number of benzene rings is 1. The highest BCUT2D eigenvalue weighted by atomic mass is 35.5. The molecule has 22 heavy (non-hydrogen) atoms. The molecular formula is C16H19ClN2OS2. The van der Waals surface area contributed by atoms with Gasteiger partial charge in [0.25, 0.3) is 5.91 Å². The third-order valence-electron chi connectivity index (χ3n) is 3.74. The maximum Gasteiger partial charge on any atom is 0.262 e. The summed E-state index contributed by atoms with van der Waals surface area (Å²) in [4.78, 5) is 14.2. The molecule has 6 heteroatoms. The minimum Gasteiger partial charge on any atom is -0.349 e. The lowest BCUT2D eigenvalue weighted by Gasteiger charge is -2.27. The minimum absolute atomic E-state index is 0. The van der Waals surface area contributed by atoms with E-state index in [2.05, 4.69) is 34.9 Å². The molecule has 2 aromatic rings. The highest BCUT2D eigenvalue weighted by molar-refractivity contribution is 7.98. The van der Waals surface area contributed by atoms with Crippen LogP contribution < -0.4 is 10.6 Å². The van der Waals surface area contributed by atoms with Crippen molar-refractivity contribution in [3.63, 3.8) is 0 Å². The van der Waals surface area contributed by atoms with E-state index in [-0.39, 0.29) is 24.4 Å². The Morgan fingerprint density at radius 3 is 3.05 bits per heavy atom. The van der Waals surface area contributed by atoms with Crippen LogP contribution >= 0.6 is 35.5 Å². The van der Waals surface area contributed by atoms with Gasteiger partial charge in [-0.25, -0.2) is 0 Å². The molecule has 1 unspecified atom stereocenters. The number of fused-ring (bicyclic) bond motifs is 1. The molecule has 1 amide bonds. The van der Waals surface area contributed by atoms with E-state index < -0.39 is 0 Å². The molecule has 1 aromatic heterocycles. The van der Waals surface area contributed by atoms with Gasteiger partial charge < -0.3 is 10.6 Å². The van der Waals surface area contributed by atoms with Crippen LogP contribution in [-0.2, 0) is 6.42 Å². The average molecular weight is 355 g/mol. The number of hydrogen-bond donors (Lipinski definition) is 2. The molecule has 0 saturated carbocycles. The predicted octanol–water partition coefficient (Wildman–Crippen LogP) is 3.51. The number of thiophene rings is 1. The molecule has 1 aliphatic heterocycles. The second kappa shape index (κ2) is 8.02. The molecule has 2 heterocycles. The first-order chi connectivity index (χ1) is 10.3. The van der Waals surface area contributed by atoms with E-state index in [1.807, 2.05) is 17.7 Å². The van der Waals surface area contributed by atoms with Gasteiger partial charge in [-0.3, -0.25) is 4.79 Å². The van der Waals surface area contributed by atoms with Crippen LogP contribution in [0.2, 0.25) is 0 Å². The maximum atomic E-state index is 12.3. The van der Waals surface area contributed by atoms with Crippen LogP contribution in [0.15, 0.2) is 40.6 Å². The summed E-state index contributed by atoms with van der Waals surface area (Å²) in [6.45, 7) is 1.59. The Morgan fingerprint density at radius 2 is 2.23 bits per heavy atom. The quantitative estimate of drug-likeness (QED) is 0.825. The average Bonchev–Trinajstić information content (AvgIpc) is 3.01. The van der Waals surface area contributed by atoms with Gasteiger partial charge in [-0.05, 0) is 41.8 Å². The van der Waals surface area contributed by atoms with Crippen molar-refractivity contribution in [2.75, 3.05) is 19.3 Å². The Balaban J connectivity index is 0.00000176. The summed E-state index contributed by atoms with van der Waals surface area (Å²) in [5, 5.41) is 8.52. The summed E-state index contributed by atoms with van der Waals surface area (Å²) < 4.78 is 0. The van der Waals surface area contributed by atoms with Gasteiger partial charge in [0.15, 0.2) is 0 Å². The Kier molecular flexibility index (Phi) is 6.32. The molecule has 118 valence electrons. The van der Waals surface area contributed by atoms with E-state index in [0.29, 0.717) is 6.54 Å². The van der Waals surface area contributed by atoms with E-state index in [9.17, 15) is 4.79 Å². The highest BCUT2D eigenvalue weighted by Crippen LogP contribution is 2.26. The van der Waals surface area contributed by atoms with Crippen LogP contribution in [0.3, 0.4) is 0 Å². The van der Waals surface area contributed by atoms with Crippen LogP contribution in [-0.4, -0.2) is 25.3 Å². The predicted molar refractivity (Wildman–Crippen MR) is 96.6 cm³/mol. The number of nitrogens with one attached hydrogen (secondary N) is 2. The molecule has 3 rings (SSSR count). The maximum absolute atomic E-state index is 12.3. The van der Waals surface area contributed by atoms with E-state index in [1.54, 1.807) is 11.8 Å². The Bertz CT molecular complexity index is 645. The summed E-state index contributed by atoms with van der Waals surface area (Å²) in [5.74, 6) is 0.0270. The number of carbonyl (C=O) groups is 1. The van der Waals surface area contributed by atoms with Crippen LogP contribution in [0, 0.1) is 0 Å². The highest BCUT2D eigenvalue weighted by Gasteiger charge is 2.20. The smallest absolute Gasteiger partial charge is 0.262 e. The Morgan fingerprint density at radius 1 is 1.41 bits per heavy atom. The number of halogens is 1. The van der Waals surface area contributed by atoms with Crippen molar-refractivity contribution in [2.45, 2.75) is 17.4 Å². The number of hydrogen-bond acceptors (Lipinski definition) is 4. The van der Waals surface area contributed by atoms with E-state index in [4.69, 9.17) is 0 Å². The molecule has 2 N–H and O–H groups in total. The monoisotopic (exact) mass is 354 g/mol. The van der Waals surface area contributed by atoms with Crippen LogP contribution in [0.1, 0.15) is 26.8 Å². The van der Waals surface area contributed by atoms with Gasteiger partial charge in [0.1, 0.15) is 4.88 Å². The van der Waals surface area contributed by atoms with Crippen molar-refractivity contribution in [1.29, 1.82) is 0 Å². The fraction of sp³-hybridized carbons (Fsp3) is 0.312. The first-order valence-electron chi connectivity index (χ1n) is 7.00. The fourth-order valence-electron chi connectivity index (χ4n) is 2.67. The number of carbonyl (C=O) groups excluding carboxylic acids is 1. The van der Waals surface area contributed by atoms with Gasteiger partial charge in [-0.1, -0.05) is 24.3 Å². The second-order valence-corrected chi connectivity index (χ2v) is 6.75. The van der Waals surface area contributed by atoms with Crippen molar-refractivity contribution in [1.82, 2.24) is 10.6 Å². The van der Waals surface area contributed by atoms with Gasteiger partial charge in [0.2, 0.25) is 0 Å². The van der Waals surface area contributed by atoms with Gasteiger partial charge in [-0.15, -0.1) is 35.5 Å². The second-order valence-electron chi connectivity index (χ2n) is 4.98. The van der Waals surface area contributed by atoms with E-state index in [0.717, 1.165) is 22.7 Å². The van der Waals surface area contributed by atoms with Gasteiger partial charge >= 0.3 is 0 Å². The van der Waals surface area contributed by atoms with Crippen molar-refractivity contribution in [3.05, 3.63) is 51.7 Å². The SMILES string of the molecule is CSc1ccsc1C(=O)NCC1NCCc2ccccc21.Cl. The normalized spacial score (nSPS) is 16.5. The molecule has 0 bridgehead atoms. The zero-order valence-corrected chi connectivity index (χ0v) is 14.7. The van der Waals surface area contributed by atoms with Gasteiger partial charge in [0.05, 0.1) is 0 Å². The van der Waals surface area contributed by atoms with Crippen molar-refractivity contribution < 1.29 is 4.79 Å². The molecule has 0 saturated heterocycles. The molecule has 1 aliphatic rings. The third-order valence-corrected chi connectivity index (χ3v) is 5.56. The molecule has 0 aliphatic carbocycles. The standard InChI is InChI=1S/C16H18N2OS2.ClH/c1-20-14-7-9-21-15(14)16(19)18-10-13-12-5-3-2-4-11(12)6-8-17-13;/h2-5,7,9,13,17H,6,8,10H2,1H3,(H,18,19);1H. The largest absolute Gasteiger partial charge is 0.349 e. The van der Waals surface area contributed by atoms with Crippen LogP contribution in [0.4, 0.5) is 0 Å². The molecule has 3 nitrogen and oxygen atoms in total. The lowest BCUT2D eigenvalue weighted by Crippen LogP contribution is -2.38. The van der Waals surface area contributed by atoms with Gasteiger partial charge in [-0.2, -0.15) is 0 Å². The first-order valence-corrected chi connectivity index (χ1v) is 9.11. The molecule has 0 spiro atoms. The summed E-state index contributed by atoms with van der Waals surface area (Å²) >= 11 is 3.12. The summed E-state index contributed by atoms with van der Waals surface area (Å²) in [6.07, 6.45) is 3.06. The van der Waals surface area contributed by atoms with Crippen LogP contribution in [0.25, 0.3) is 0 Å². The molecule has 0 fully saturated rings. The zero-order chi connectivity index (χ0) is 14.7. The van der Waals surface area contributed by atoms with Crippen molar-refractivity contribution >= 4 is 41.4 Å². The summed E-state index contributed by atoms with van der Waals surface area (Å²) in [5.41, 5.74) is 2.69. The molecular weight excluding hydrogens is 336 g/mol. The lowest BCUT2D eigenvalue weighted by atomic mass is 9.94. The summed E-state index contributed by atoms with van der Waals surface area (Å²) in [6, 6.07) is 10.7. The van der Waals surface area contributed by atoms with Gasteiger partial charge in [0, 0.05) is 17.5 Å². The Labute approximate surface area is 145 Å². The Hall–Kier alpha value is -1.01. The molecule has 1 atom stereocenters. The van der Waals surface area contributed by atoms with Crippen molar-refractivity contribution in [3.8, 4) is 0 Å². The third kappa shape index (κ3) is 3.66. The van der Waals surface area contributed by atoms with E-state index in [1.165, 1.54) is 22.5 Å². The van der Waals surface area contributed by atoms with E-state index >= 15 is 0 Å². The lowest BCUT2D eigenvalue weighted by molar-refractivity contribution is 0.0950. The first kappa shape index (κ1) is 17.3. The minimum atomic E-state index is 0. The number of amides is 1. The topological polar surface area (TPSA) is 41.1 Å². The number of rotatable bonds is 4. The van der Waals surface area contributed by atoms with Crippen LogP contribution in [0.5, 0.6) is 0 Å². The van der Waals surface area contributed by atoms with Crippen molar-refractivity contribution in [2.24, 2.45) is 0 Å². The summed E-state index contributed by atoms with van der Waals surface area (Å²) in [7, 11) is 0.